The van der Waals surface area contributed by atoms with Crippen molar-refractivity contribution in [3.63, 3.8) is 0 Å². The number of halogens is 2. The average molecular weight is 451 g/mol. The molecular formula is C18H17Br2N3O. The molecule has 1 aromatic heterocycles. The van der Waals surface area contributed by atoms with Crippen LogP contribution in [0.2, 0.25) is 0 Å². The maximum absolute atomic E-state index is 12.4. The lowest BCUT2D eigenvalue weighted by Crippen LogP contribution is -3.00. The average Bonchev–Trinajstić information content (AvgIpc) is 2.85. The third-order valence-corrected chi connectivity index (χ3v) is 4.36. The van der Waals surface area contributed by atoms with Gasteiger partial charge in [-0.15, -0.1) is 0 Å². The number of anilines is 1. The maximum atomic E-state index is 12.4. The molecule has 24 heavy (non-hydrogen) atoms. The number of Topliss-reactive ketones (excluding diaryl/α,β-unsaturated/α-hetero) is 1. The van der Waals surface area contributed by atoms with Crippen LogP contribution in [-0.4, -0.2) is 10.4 Å². The van der Waals surface area contributed by atoms with Crippen LogP contribution in [0.3, 0.4) is 0 Å². The van der Waals surface area contributed by atoms with E-state index < -0.39 is 0 Å². The van der Waals surface area contributed by atoms with Gasteiger partial charge in [0.15, 0.2) is 5.78 Å². The molecule has 6 heteroatoms. The third-order valence-electron chi connectivity index (χ3n) is 3.83. The monoisotopic (exact) mass is 449 g/mol. The van der Waals surface area contributed by atoms with Crippen LogP contribution in [0, 0.1) is 0 Å². The number of rotatable bonds is 4. The number of nitrogens with two attached hydrogens (primary N) is 1. The van der Waals surface area contributed by atoms with Gasteiger partial charge in [-0.1, -0.05) is 58.4 Å². The Morgan fingerprint density at radius 2 is 1.75 bits per heavy atom. The summed E-state index contributed by atoms with van der Waals surface area (Å²) in [7, 11) is 1.90. The highest BCUT2D eigenvalue weighted by Gasteiger charge is 2.20. The van der Waals surface area contributed by atoms with Crippen molar-refractivity contribution in [1.82, 2.24) is 4.57 Å². The molecule has 0 aliphatic rings. The first-order valence-electron chi connectivity index (χ1n) is 7.25. The minimum Gasteiger partial charge on any atom is -1.00 e. The second-order valence-corrected chi connectivity index (χ2v) is 6.27. The summed E-state index contributed by atoms with van der Waals surface area (Å²) >= 11 is 3.43. The third kappa shape index (κ3) is 3.76. The molecule has 0 aliphatic heterocycles. The van der Waals surface area contributed by atoms with E-state index in [-0.39, 0.29) is 29.3 Å². The van der Waals surface area contributed by atoms with Gasteiger partial charge in [0.05, 0.1) is 7.05 Å². The molecule has 0 atom stereocenters. The standard InChI is InChI=1S/C18H16BrN3O.BrH/c1-21-16(13-7-9-15(19)10-8-13)11-22(18(21)20)12-17(23)14-5-3-2-4-6-14;/h2-11,20H,12H2,1H3;1H. The zero-order valence-corrected chi connectivity index (χ0v) is 16.3. The van der Waals surface area contributed by atoms with Gasteiger partial charge in [-0.05, 0) is 12.1 Å². The molecule has 3 aromatic rings. The van der Waals surface area contributed by atoms with Crippen molar-refractivity contribution in [2.75, 3.05) is 5.73 Å². The van der Waals surface area contributed by atoms with E-state index >= 15 is 0 Å². The minimum atomic E-state index is 0. The number of hydrogen-bond donors (Lipinski definition) is 1. The van der Waals surface area contributed by atoms with Crippen molar-refractivity contribution in [2.45, 2.75) is 6.54 Å². The van der Waals surface area contributed by atoms with Crippen LogP contribution in [0.25, 0.3) is 11.3 Å². The number of nitrogen functional groups attached to an aromatic ring is 1. The van der Waals surface area contributed by atoms with Crippen LogP contribution >= 0.6 is 15.9 Å². The lowest BCUT2D eigenvalue weighted by atomic mass is 10.1. The topological polar surface area (TPSA) is 51.9 Å². The zero-order valence-electron chi connectivity index (χ0n) is 13.1. The van der Waals surface area contributed by atoms with Crippen molar-refractivity contribution >= 4 is 27.7 Å². The van der Waals surface area contributed by atoms with Crippen molar-refractivity contribution < 1.29 is 26.3 Å². The molecule has 0 bridgehead atoms. The molecule has 3 rings (SSSR count). The highest BCUT2D eigenvalue weighted by Crippen LogP contribution is 2.22. The summed E-state index contributed by atoms with van der Waals surface area (Å²) in [6.45, 7) is 0.222. The predicted molar refractivity (Wildman–Crippen MR) is 93.9 cm³/mol. The fourth-order valence-electron chi connectivity index (χ4n) is 2.50. The fraction of sp³-hybridized carbons (Fsp3) is 0.111. The van der Waals surface area contributed by atoms with E-state index in [1.165, 1.54) is 0 Å². The Morgan fingerprint density at radius 3 is 2.38 bits per heavy atom. The molecule has 0 fully saturated rings. The summed E-state index contributed by atoms with van der Waals surface area (Å²) in [6.07, 6.45) is 1.92. The van der Waals surface area contributed by atoms with Gasteiger partial charge < -0.3 is 17.0 Å². The van der Waals surface area contributed by atoms with Gasteiger partial charge >= 0.3 is 5.95 Å². The van der Waals surface area contributed by atoms with Gasteiger partial charge in [-0.3, -0.25) is 10.5 Å². The van der Waals surface area contributed by atoms with Crippen LogP contribution in [0.1, 0.15) is 10.4 Å². The highest BCUT2D eigenvalue weighted by molar-refractivity contribution is 9.10. The molecule has 0 saturated carbocycles. The second-order valence-electron chi connectivity index (χ2n) is 5.36. The first-order valence-corrected chi connectivity index (χ1v) is 8.04. The largest absolute Gasteiger partial charge is 1.00 e. The van der Waals surface area contributed by atoms with E-state index in [1.54, 1.807) is 4.57 Å². The van der Waals surface area contributed by atoms with Crippen LogP contribution in [0.5, 0.6) is 0 Å². The smallest absolute Gasteiger partial charge is 0.355 e. The lowest BCUT2D eigenvalue weighted by molar-refractivity contribution is -0.667. The summed E-state index contributed by atoms with van der Waals surface area (Å²) < 4.78 is 4.70. The van der Waals surface area contributed by atoms with E-state index in [9.17, 15) is 4.79 Å². The number of ketones is 1. The number of hydrogen-bond acceptors (Lipinski definition) is 2. The number of aromatic nitrogens is 2. The Morgan fingerprint density at radius 1 is 1.12 bits per heavy atom. The molecule has 0 spiro atoms. The quantitative estimate of drug-likeness (QED) is 0.456. The Balaban J connectivity index is 0.00000208. The number of imidazole rings is 1. The summed E-state index contributed by atoms with van der Waals surface area (Å²) in [6, 6.07) is 17.3. The molecule has 2 aromatic carbocycles. The van der Waals surface area contributed by atoms with E-state index in [1.807, 2.05) is 72.4 Å². The normalized spacial score (nSPS) is 10.2. The molecule has 0 radical (unpaired) electrons. The van der Waals surface area contributed by atoms with E-state index in [2.05, 4.69) is 15.9 Å². The van der Waals surface area contributed by atoms with Gasteiger partial charge in [-0.25, -0.2) is 9.13 Å². The van der Waals surface area contributed by atoms with Crippen LogP contribution < -0.4 is 27.3 Å². The lowest BCUT2D eigenvalue weighted by Gasteiger charge is -2.00. The Bertz CT molecular complexity index is 843. The van der Waals surface area contributed by atoms with Crippen LogP contribution in [0.4, 0.5) is 5.95 Å². The summed E-state index contributed by atoms with van der Waals surface area (Å²) in [4.78, 5) is 12.4. The molecule has 4 nitrogen and oxygen atoms in total. The minimum absolute atomic E-state index is 0. The first-order chi connectivity index (χ1) is 11.1. The second kappa shape index (κ2) is 7.77. The Labute approximate surface area is 159 Å². The molecular weight excluding hydrogens is 434 g/mol. The zero-order chi connectivity index (χ0) is 16.4. The Hall–Kier alpha value is -1.92. The van der Waals surface area contributed by atoms with Gasteiger partial charge in [0.1, 0.15) is 18.4 Å². The molecule has 0 amide bonds. The fourth-order valence-corrected chi connectivity index (χ4v) is 2.77. The SMILES string of the molecule is Cn1c(-c2ccc(Br)cc2)c[n+](CC(=O)c2ccccc2)c1N.[Br-]. The van der Waals surface area contributed by atoms with Crippen LogP contribution in [-0.2, 0) is 13.6 Å². The van der Waals surface area contributed by atoms with Crippen molar-refractivity contribution in [3.8, 4) is 11.3 Å². The molecule has 0 aliphatic carbocycles. The number of carbonyl (C=O) groups excluding carboxylic acids is 1. The maximum Gasteiger partial charge on any atom is 0.355 e. The highest BCUT2D eigenvalue weighted by atomic mass is 79.9. The van der Waals surface area contributed by atoms with E-state index in [0.29, 0.717) is 11.5 Å². The van der Waals surface area contributed by atoms with Crippen LogP contribution in [0.15, 0.2) is 65.3 Å². The van der Waals surface area contributed by atoms with Gasteiger partial charge in [-0.2, -0.15) is 0 Å². The van der Waals surface area contributed by atoms with Crippen molar-refractivity contribution in [2.24, 2.45) is 7.05 Å². The number of nitrogens with zero attached hydrogens (tertiary/aromatic N) is 2. The van der Waals surface area contributed by atoms with Crippen molar-refractivity contribution in [1.29, 1.82) is 0 Å². The molecule has 0 unspecified atom stereocenters. The van der Waals surface area contributed by atoms with Gasteiger partial charge in [0.25, 0.3) is 0 Å². The summed E-state index contributed by atoms with van der Waals surface area (Å²) in [5.41, 5.74) is 8.87. The van der Waals surface area contributed by atoms with Crippen molar-refractivity contribution in [3.05, 3.63) is 70.8 Å². The molecule has 0 saturated heterocycles. The molecule has 124 valence electrons. The summed E-state index contributed by atoms with van der Waals surface area (Å²) in [5, 5.41) is 0. The van der Waals surface area contributed by atoms with Gasteiger partial charge in [0.2, 0.25) is 0 Å². The van der Waals surface area contributed by atoms with Gasteiger partial charge in [0, 0.05) is 15.6 Å². The summed E-state index contributed by atoms with van der Waals surface area (Å²) in [5.74, 6) is 0.586. The predicted octanol–water partition coefficient (Wildman–Crippen LogP) is 0.211. The van der Waals surface area contributed by atoms with E-state index in [0.717, 1.165) is 15.7 Å². The number of benzene rings is 2. The molecule has 1 heterocycles. The number of carbonyl (C=O) groups is 1. The van der Waals surface area contributed by atoms with E-state index in [4.69, 9.17) is 5.73 Å². The molecule has 2 N–H and O–H groups in total. The first kappa shape index (κ1) is 18.4. The Kier molecular flexibility index (Phi) is 5.96.